The van der Waals surface area contributed by atoms with Crippen LogP contribution in [-0.2, 0) is 4.79 Å². The lowest BCUT2D eigenvalue weighted by Crippen LogP contribution is -2.53. The molecule has 19 heavy (non-hydrogen) atoms. The zero-order valence-electron chi connectivity index (χ0n) is 11.7. The van der Waals surface area contributed by atoms with Gasteiger partial charge >= 0.3 is 6.18 Å². The van der Waals surface area contributed by atoms with Crippen molar-refractivity contribution >= 4 is 5.91 Å². The van der Waals surface area contributed by atoms with E-state index in [2.05, 4.69) is 10.6 Å². The van der Waals surface area contributed by atoms with E-state index in [4.69, 9.17) is 0 Å². The summed E-state index contributed by atoms with van der Waals surface area (Å²) in [5, 5.41) is 5.62. The summed E-state index contributed by atoms with van der Waals surface area (Å²) in [6.07, 6.45) is -3.09. The van der Waals surface area contributed by atoms with Crippen molar-refractivity contribution in [1.29, 1.82) is 0 Å². The van der Waals surface area contributed by atoms with Crippen molar-refractivity contribution in [3.63, 3.8) is 0 Å². The van der Waals surface area contributed by atoms with Gasteiger partial charge in [-0.3, -0.25) is 4.79 Å². The van der Waals surface area contributed by atoms with E-state index in [0.29, 0.717) is 5.92 Å². The third-order valence-corrected chi connectivity index (χ3v) is 3.77. The van der Waals surface area contributed by atoms with Gasteiger partial charge in [-0.25, -0.2) is 0 Å². The van der Waals surface area contributed by atoms with Crippen molar-refractivity contribution in [3.05, 3.63) is 0 Å². The molecular formula is C13H23F3N2O. The third kappa shape index (κ3) is 4.67. The highest BCUT2D eigenvalue weighted by Crippen LogP contribution is 2.31. The highest BCUT2D eigenvalue weighted by molar-refractivity contribution is 5.82. The average molecular weight is 280 g/mol. The third-order valence-electron chi connectivity index (χ3n) is 3.77. The number of carbonyl (C=O) groups is 1. The summed E-state index contributed by atoms with van der Waals surface area (Å²) >= 11 is 0. The maximum Gasteiger partial charge on any atom is 0.393 e. The number of hydrogen-bond donors (Lipinski definition) is 2. The fourth-order valence-electron chi connectivity index (χ4n) is 2.38. The van der Waals surface area contributed by atoms with Gasteiger partial charge in [0.1, 0.15) is 0 Å². The molecule has 0 aromatic rings. The van der Waals surface area contributed by atoms with Gasteiger partial charge in [-0.15, -0.1) is 0 Å². The molecule has 1 rings (SSSR count). The monoisotopic (exact) mass is 280 g/mol. The zero-order valence-corrected chi connectivity index (χ0v) is 11.7. The van der Waals surface area contributed by atoms with Gasteiger partial charge in [0.25, 0.3) is 0 Å². The van der Waals surface area contributed by atoms with E-state index in [1.165, 1.54) is 0 Å². The molecule has 0 bridgehead atoms. The van der Waals surface area contributed by atoms with Gasteiger partial charge in [0.2, 0.25) is 5.91 Å². The van der Waals surface area contributed by atoms with Crippen molar-refractivity contribution in [2.75, 3.05) is 6.54 Å². The number of carbonyl (C=O) groups excluding carboxylic acids is 1. The van der Waals surface area contributed by atoms with Crippen LogP contribution in [0.3, 0.4) is 0 Å². The summed E-state index contributed by atoms with van der Waals surface area (Å²) in [5.41, 5.74) is 0. The van der Waals surface area contributed by atoms with E-state index in [0.717, 1.165) is 6.42 Å². The first-order valence-corrected chi connectivity index (χ1v) is 6.86. The molecule has 1 amide bonds. The Kier molecular flexibility index (Phi) is 5.64. The van der Waals surface area contributed by atoms with Crippen LogP contribution in [0.2, 0.25) is 0 Å². The summed E-state index contributed by atoms with van der Waals surface area (Å²) in [7, 11) is 0. The Morgan fingerprint density at radius 3 is 2.37 bits per heavy atom. The quantitative estimate of drug-likeness (QED) is 0.830. The number of piperidine rings is 1. The van der Waals surface area contributed by atoms with Crippen LogP contribution in [0.4, 0.5) is 13.2 Å². The smallest absolute Gasteiger partial charge is 0.352 e. The summed E-state index contributed by atoms with van der Waals surface area (Å²) < 4.78 is 37.5. The van der Waals surface area contributed by atoms with Crippen LogP contribution >= 0.6 is 0 Å². The molecule has 3 unspecified atom stereocenters. The summed E-state index contributed by atoms with van der Waals surface area (Å²) in [6, 6.07) is -0.416. The Morgan fingerprint density at radius 2 is 2.00 bits per heavy atom. The Morgan fingerprint density at radius 1 is 1.37 bits per heavy atom. The Hall–Kier alpha value is -0.780. The largest absolute Gasteiger partial charge is 0.393 e. The normalized spacial score (nSPS) is 26.3. The highest BCUT2D eigenvalue weighted by atomic mass is 19.4. The molecule has 3 atom stereocenters. The average Bonchev–Trinajstić information content (AvgIpc) is 2.34. The van der Waals surface area contributed by atoms with Crippen molar-refractivity contribution in [2.45, 2.75) is 58.3 Å². The van der Waals surface area contributed by atoms with Gasteiger partial charge in [0.15, 0.2) is 0 Å². The lowest BCUT2D eigenvalue weighted by atomic mass is 9.93. The van der Waals surface area contributed by atoms with Gasteiger partial charge in [-0.2, -0.15) is 13.2 Å². The van der Waals surface area contributed by atoms with Crippen molar-refractivity contribution in [3.8, 4) is 0 Å². The number of hydrogen-bond acceptors (Lipinski definition) is 2. The number of halogens is 3. The van der Waals surface area contributed by atoms with E-state index >= 15 is 0 Å². The van der Waals surface area contributed by atoms with E-state index in [1.807, 2.05) is 20.8 Å². The lowest BCUT2D eigenvalue weighted by Gasteiger charge is -2.31. The van der Waals surface area contributed by atoms with Crippen LogP contribution in [0.15, 0.2) is 0 Å². The van der Waals surface area contributed by atoms with Crippen molar-refractivity contribution in [2.24, 2.45) is 11.8 Å². The maximum atomic E-state index is 12.5. The van der Waals surface area contributed by atoms with Crippen LogP contribution in [-0.4, -0.2) is 30.7 Å². The van der Waals surface area contributed by atoms with E-state index in [9.17, 15) is 18.0 Å². The summed E-state index contributed by atoms with van der Waals surface area (Å²) in [5.74, 6) is -1.19. The molecule has 1 aliphatic heterocycles. The second kappa shape index (κ2) is 6.59. The first-order chi connectivity index (χ1) is 8.75. The molecule has 0 aromatic heterocycles. The van der Waals surface area contributed by atoms with Gasteiger partial charge in [0.05, 0.1) is 12.0 Å². The van der Waals surface area contributed by atoms with Crippen LogP contribution in [0, 0.1) is 11.8 Å². The van der Waals surface area contributed by atoms with Gasteiger partial charge in [-0.05, 0) is 25.2 Å². The predicted molar refractivity (Wildman–Crippen MR) is 67.6 cm³/mol. The molecular weight excluding hydrogens is 257 g/mol. The Labute approximate surface area is 112 Å². The van der Waals surface area contributed by atoms with Crippen molar-refractivity contribution in [1.82, 2.24) is 10.6 Å². The molecule has 0 spiro atoms. The second-order valence-corrected chi connectivity index (χ2v) is 5.54. The van der Waals surface area contributed by atoms with Gasteiger partial charge < -0.3 is 10.6 Å². The van der Waals surface area contributed by atoms with E-state index in [-0.39, 0.29) is 31.3 Å². The van der Waals surface area contributed by atoms with Gasteiger partial charge in [-0.1, -0.05) is 20.8 Å². The SMILES string of the molecule is CCC(NC(=O)C1CCC(C(F)(F)F)CN1)C(C)C. The van der Waals surface area contributed by atoms with Crippen molar-refractivity contribution < 1.29 is 18.0 Å². The fraction of sp³-hybridized carbons (Fsp3) is 0.923. The molecule has 3 nitrogen and oxygen atoms in total. The summed E-state index contributed by atoms with van der Waals surface area (Å²) in [4.78, 5) is 12.0. The molecule has 0 saturated carbocycles. The fourth-order valence-corrected chi connectivity index (χ4v) is 2.38. The first kappa shape index (κ1) is 16.3. The molecule has 0 aliphatic carbocycles. The molecule has 6 heteroatoms. The predicted octanol–water partition coefficient (Wildman–Crippen LogP) is 2.47. The standard InChI is InChI=1S/C13H23F3N2O/c1-4-10(8(2)3)18-12(19)11-6-5-9(7-17-11)13(14,15)16/h8-11,17H,4-7H2,1-3H3,(H,18,19). The highest BCUT2D eigenvalue weighted by Gasteiger charge is 2.42. The first-order valence-electron chi connectivity index (χ1n) is 6.86. The van der Waals surface area contributed by atoms with Crippen LogP contribution in [0.1, 0.15) is 40.0 Å². The van der Waals surface area contributed by atoms with Crippen LogP contribution in [0.5, 0.6) is 0 Å². The Bertz CT molecular complexity index is 297. The number of nitrogens with one attached hydrogen (secondary N) is 2. The Balaban J connectivity index is 2.45. The van der Waals surface area contributed by atoms with Crippen LogP contribution in [0.25, 0.3) is 0 Å². The minimum Gasteiger partial charge on any atom is -0.352 e. The number of rotatable bonds is 4. The number of alkyl halides is 3. The molecule has 1 heterocycles. The molecule has 1 fully saturated rings. The minimum atomic E-state index is -4.17. The van der Waals surface area contributed by atoms with E-state index in [1.54, 1.807) is 0 Å². The molecule has 2 N–H and O–H groups in total. The molecule has 1 aliphatic rings. The van der Waals surface area contributed by atoms with E-state index < -0.39 is 18.1 Å². The zero-order chi connectivity index (χ0) is 14.6. The van der Waals surface area contributed by atoms with Gasteiger partial charge in [0, 0.05) is 12.6 Å². The lowest BCUT2D eigenvalue weighted by molar-refractivity contribution is -0.180. The molecule has 0 radical (unpaired) electrons. The second-order valence-electron chi connectivity index (χ2n) is 5.54. The minimum absolute atomic E-state index is 0.0209. The molecule has 112 valence electrons. The maximum absolute atomic E-state index is 12.5. The van der Waals surface area contributed by atoms with Crippen LogP contribution < -0.4 is 10.6 Å². The number of amides is 1. The molecule has 1 saturated heterocycles. The molecule has 0 aromatic carbocycles. The topological polar surface area (TPSA) is 41.1 Å². The summed E-state index contributed by atoms with van der Waals surface area (Å²) in [6.45, 7) is 5.85.